The maximum Gasteiger partial charge on any atom is 0.410 e. The summed E-state index contributed by atoms with van der Waals surface area (Å²) in [5.41, 5.74) is 0.397. The molecule has 1 saturated heterocycles. The fourth-order valence-electron chi connectivity index (χ4n) is 2.97. The Morgan fingerprint density at radius 1 is 1.19 bits per heavy atom. The highest BCUT2D eigenvalue weighted by molar-refractivity contribution is 6.18. The number of hydrogen-bond acceptors (Lipinski definition) is 5. The molecule has 0 spiro atoms. The molecule has 27 heavy (non-hydrogen) atoms. The highest BCUT2D eigenvalue weighted by atomic mass is 35.5. The maximum atomic E-state index is 12.4. The van der Waals surface area contributed by atoms with Gasteiger partial charge in [0, 0.05) is 31.1 Å². The van der Waals surface area contributed by atoms with Gasteiger partial charge in [-0.25, -0.2) is 4.79 Å². The third kappa shape index (κ3) is 6.70. The molecule has 0 N–H and O–H groups in total. The Kier molecular flexibility index (Phi) is 7.50. The summed E-state index contributed by atoms with van der Waals surface area (Å²) in [6.07, 6.45) is -0.351. The quantitative estimate of drug-likeness (QED) is 0.564. The van der Waals surface area contributed by atoms with Gasteiger partial charge in [-0.1, -0.05) is 30.3 Å². The first kappa shape index (κ1) is 21.5. The molecule has 2 atom stereocenters. The van der Waals surface area contributed by atoms with E-state index < -0.39 is 5.60 Å². The van der Waals surface area contributed by atoms with Gasteiger partial charge in [0.25, 0.3) is 0 Å². The lowest BCUT2D eigenvalue weighted by molar-refractivity contribution is -0.147. The van der Waals surface area contributed by atoms with Crippen LogP contribution in [0, 0.1) is 0 Å². The van der Waals surface area contributed by atoms with Crippen LogP contribution in [0.2, 0.25) is 0 Å². The molecule has 1 aromatic carbocycles. The molecule has 0 aromatic heterocycles. The van der Waals surface area contributed by atoms with E-state index in [4.69, 9.17) is 21.1 Å². The van der Waals surface area contributed by atoms with Crippen LogP contribution in [0.4, 0.5) is 4.79 Å². The molecule has 1 fully saturated rings. The zero-order valence-electron chi connectivity index (χ0n) is 16.5. The number of piperazine rings is 1. The van der Waals surface area contributed by atoms with E-state index in [-0.39, 0.29) is 37.3 Å². The van der Waals surface area contributed by atoms with Gasteiger partial charge >= 0.3 is 12.1 Å². The summed E-state index contributed by atoms with van der Waals surface area (Å²) >= 11 is 6.11. The van der Waals surface area contributed by atoms with Gasteiger partial charge in [0.1, 0.15) is 12.2 Å². The Morgan fingerprint density at radius 3 is 2.44 bits per heavy atom. The predicted octanol–water partition coefficient (Wildman–Crippen LogP) is 3.28. The molecule has 0 aliphatic carbocycles. The number of rotatable bonds is 5. The molecule has 7 heteroatoms. The summed E-state index contributed by atoms with van der Waals surface area (Å²) < 4.78 is 10.8. The smallest absolute Gasteiger partial charge is 0.410 e. The second-order valence-electron chi connectivity index (χ2n) is 7.87. The van der Waals surface area contributed by atoms with Crippen LogP contribution >= 0.6 is 11.6 Å². The van der Waals surface area contributed by atoms with Gasteiger partial charge in [0.2, 0.25) is 0 Å². The van der Waals surface area contributed by atoms with Crippen molar-refractivity contribution in [3.05, 3.63) is 35.9 Å². The van der Waals surface area contributed by atoms with Crippen LogP contribution < -0.4 is 0 Å². The van der Waals surface area contributed by atoms with Gasteiger partial charge in [-0.05, 0) is 33.3 Å². The first-order chi connectivity index (χ1) is 12.7. The summed E-state index contributed by atoms with van der Waals surface area (Å²) in [5, 5.41) is 0. The van der Waals surface area contributed by atoms with Crippen molar-refractivity contribution in [2.24, 2.45) is 0 Å². The van der Waals surface area contributed by atoms with Gasteiger partial charge in [-0.15, -0.1) is 11.6 Å². The second-order valence-corrected chi connectivity index (χ2v) is 8.17. The van der Waals surface area contributed by atoms with E-state index in [1.165, 1.54) is 0 Å². The summed E-state index contributed by atoms with van der Waals surface area (Å²) in [7, 11) is 0. The lowest BCUT2D eigenvalue weighted by Crippen LogP contribution is -2.61. The van der Waals surface area contributed by atoms with Crippen molar-refractivity contribution in [3.63, 3.8) is 0 Å². The Hall–Kier alpha value is -1.79. The van der Waals surface area contributed by atoms with Crippen molar-refractivity contribution in [2.75, 3.05) is 25.5 Å². The molecule has 150 valence electrons. The second kappa shape index (κ2) is 9.42. The van der Waals surface area contributed by atoms with Crippen LogP contribution in [0.1, 0.15) is 33.3 Å². The molecule has 1 heterocycles. The molecular weight excluding hydrogens is 368 g/mol. The Balaban J connectivity index is 1.90. The highest BCUT2D eigenvalue weighted by Crippen LogP contribution is 2.20. The summed E-state index contributed by atoms with van der Waals surface area (Å²) in [4.78, 5) is 28.3. The molecular formula is C20H29ClN2O4. The van der Waals surface area contributed by atoms with Crippen molar-refractivity contribution in [3.8, 4) is 0 Å². The molecule has 1 aromatic rings. The number of carbonyl (C=O) groups excluding carboxylic acids is 2. The molecule has 0 radical (unpaired) electrons. The Bertz CT molecular complexity index is 633. The molecule has 1 aliphatic rings. The summed E-state index contributed by atoms with van der Waals surface area (Å²) in [5.74, 6) is 0.0183. The molecule has 0 unspecified atom stereocenters. The van der Waals surface area contributed by atoms with Crippen LogP contribution in [0.15, 0.2) is 30.3 Å². The molecule has 2 rings (SSSR count). The molecule has 1 aliphatic heterocycles. The molecule has 0 bridgehead atoms. The number of halogens is 1. The molecule has 6 nitrogen and oxygen atoms in total. The topological polar surface area (TPSA) is 59.1 Å². The Morgan fingerprint density at radius 2 is 1.85 bits per heavy atom. The number of alkyl halides is 1. The Labute approximate surface area is 166 Å². The number of hydrogen-bond donors (Lipinski definition) is 0. The average Bonchev–Trinajstić information content (AvgIpc) is 2.59. The van der Waals surface area contributed by atoms with E-state index in [1.54, 1.807) is 4.90 Å². The lowest BCUT2D eigenvalue weighted by Gasteiger charge is -2.44. The van der Waals surface area contributed by atoms with Crippen LogP contribution in [0.25, 0.3) is 0 Å². The normalized spacial score (nSPS) is 21.0. The number of carbonyl (C=O) groups is 2. The minimum absolute atomic E-state index is 0.0822. The van der Waals surface area contributed by atoms with Crippen molar-refractivity contribution < 1.29 is 19.1 Å². The largest absolute Gasteiger partial charge is 0.460 e. The zero-order valence-corrected chi connectivity index (χ0v) is 17.2. The van der Waals surface area contributed by atoms with Crippen molar-refractivity contribution in [2.45, 2.75) is 52.0 Å². The van der Waals surface area contributed by atoms with E-state index in [9.17, 15) is 9.59 Å². The monoisotopic (exact) mass is 396 g/mol. The van der Waals surface area contributed by atoms with Crippen LogP contribution in [0.3, 0.4) is 0 Å². The number of nitrogens with zero attached hydrogens (tertiary/aromatic N) is 2. The van der Waals surface area contributed by atoms with Gasteiger partial charge < -0.3 is 14.4 Å². The van der Waals surface area contributed by atoms with Crippen molar-refractivity contribution in [1.29, 1.82) is 0 Å². The number of amides is 1. The average molecular weight is 397 g/mol. The van der Waals surface area contributed by atoms with Gasteiger partial charge in [-0.2, -0.15) is 0 Å². The van der Waals surface area contributed by atoms with E-state index >= 15 is 0 Å². The number of ether oxygens (including phenoxy) is 2. The van der Waals surface area contributed by atoms with Gasteiger partial charge in [0.05, 0.1) is 6.54 Å². The standard InChI is InChI=1S/C20H29ClN2O4/c1-15-11-22(13-18(24)26-14-16-8-6-5-7-9-16)17(10-21)12-23(15)19(25)27-20(2,3)4/h5-9,15,17H,10-14H2,1-4H3/t15-,17+/m1/s1. The van der Waals surface area contributed by atoms with Crippen molar-refractivity contribution in [1.82, 2.24) is 9.80 Å². The van der Waals surface area contributed by atoms with E-state index in [2.05, 4.69) is 0 Å². The van der Waals surface area contributed by atoms with Gasteiger partial charge in [0.15, 0.2) is 0 Å². The zero-order chi connectivity index (χ0) is 20.0. The minimum Gasteiger partial charge on any atom is -0.460 e. The fraction of sp³-hybridized carbons (Fsp3) is 0.600. The van der Waals surface area contributed by atoms with Crippen LogP contribution in [-0.2, 0) is 20.9 Å². The van der Waals surface area contributed by atoms with E-state index in [0.717, 1.165) is 5.56 Å². The van der Waals surface area contributed by atoms with Crippen molar-refractivity contribution >= 4 is 23.7 Å². The highest BCUT2D eigenvalue weighted by Gasteiger charge is 2.36. The first-order valence-corrected chi connectivity index (χ1v) is 9.72. The number of esters is 1. The number of benzene rings is 1. The summed E-state index contributed by atoms with van der Waals surface area (Å²) in [6.45, 7) is 8.82. The van der Waals surface area contributed by atoms with E-state index in [0.29, 0.717) is 19.0 Å². The summed E-state index contributed by atoms with van der Waals surface area (Å²) in [6, 6.07) is 9.35. The predicted molar refractivity (Wildman–Crippen MR) is 105 cm³/mol. The fourth-order valence-corrected chi connectivity index (χ4v) is 3.27. The third-order valence-electron chi connectivity index (χ3n) is 4.34. The van der Waals surface area contributed by atoms with Crippen LogP contribution in [0.5, 0.6) is 0 Å². The molecule has 1 amide bonds. The SMILES string of the molecule is C[C@@H]1CN(CC(=O)OCc2ccccc2)[C@@H](CCl)CN1C(=O)OC(C)(C)C. The van der Waals surface area contributed by atoms with E-state index in [1.807, 2.05) is 62.9 Å². The van der Waals surface area contributed by atoms with Gasteiger partial charge in [-0.3, -0.25) is 9.69 Å². The third-order valence-corrected chi connectivity index (χ3v) is 4.69. The van der Waals surface area contributed by atoms with Crippen LogP contribution in [-0.4, -0.2) is 65.1 Å². The lowest BCUT2D eigenvalue weighted by atomic mass is 10.1. The first-order valence-electron chi connectivity index (χ1n) is 9.19. The molecule has 0 saturated carbocycles. The minimum atomic E-state index is -0.550. The maximum absolute atomic E-state index is 12.4.